The zero-order valence-electron chi connectivity index (χ0n) is 15.5. The summed E-state index contributed by atoms with van der Waals surface area (Å²) in [6, 6.07) is 13.4. The summed E-state index contributed by atoms with van der Waals surface area (Å²) in [7, 11) is 0. The monoisotopic (exact) mass is 381 g/mol. The number of aryl methyl sites for hydroxylation is 1. The van der Waals surface area contributed by atoms with Gasteiger partial charge in [-0.1, -0.05) is 6.07 Å². The molecule has 0 aliphatic carbocycles. The molecule has 0 atom stereocenters. The van der Waals surface area contributed by atoms with Crippen LogP contribution in [0.4, 0.5) is 37.6 Å². The van der Waals surface area contributed by atoms with Gasteiger partial charge in [0.25, 0.3) is 0 Å². The minimum absolute atomic E-state index is 0.235. The zero-order valence-corrected chi connectivity index (χ0v) is 15.5. The van der Waals surface area contributed by atoms with Crippen LogP contribution in [0.3, 0.4) is 0 Å². The molecule has 0 spiro atoms. The second-order valence-corrected chi connectivity index (χ2v) is 6.81. The Morgan fingerprint density at radius 1 is 0.893 bits per heavy atom. The Kier molecular flexibility index (Phi) is 5.06. The molecule has 0 bridgehead atoms. The van der Waals surface area contributed by atoms with Crippen molar-refractivity contribution in [3.63, 3.8) is 0 Å². The first kappa shape index (κ1) is 18.2. The van der Waals surface area contributed by atoms with Crippen LogP contribution in [0.25, 0.3) is 0 Å². The number of rotatable bonds is 5. The molecule has 4 rings (SSSR count). The Bertz CT molecular complexity index is 949. The summed E-state index contributed by atoms with van der Waals surface area (Å²) in [5, 5.41) is 5.86. The van der Waals surface area contributed by atoms with Crippen LogP contribution in [0, 0.1) is 18.6 Å². The maximum absolute atomic E-state index is 13.9. The molecule has 7 heteroatoms. The van der Waals surface area contributed by atoms with Crippen LogP contribution in [-0.4, -0.2) is 23.1 Å². The molecule has 1 fully saturated rings. The zero-order chi connectivity index (χ0) is 19.5. The predicted octanol–water partition coefficient (Wildman–Crippen LogP) is 5.15. The number of aromatic nitrogens is 2. The number of nitrogens with one attached hydrogen (secondary N) is 2. The van der Waals surface area contributed by atoms with Crippen LogP contribution >= 0.6 is 0 Å². The lowest BCUT2D eigenvalue weighted by Gasteiger charge is -2.18. The maximum atomic E-state index is 13.9. The first-order valence-corrected chi connectivity index (χ1v) is 9.27. The highest BCUT2D eigenvalue weighted by atomic mass is 19.1. The van der Waals surface area contributed by atoms with Crippen molar-refractivity contribution in [2.45, 2.75) is 19.8 Å². The van der Waals surface area contributed by atoms with Gasteiger partial charge in [-0.2, -0.15) is 4.98 Å². The Labute approximate surface area is 162 Å². The highest BCUT2D eigenvalue weighted by molar-refractivity contribution is 5.63. The first-order valence-electron chi connectivity index (χ1n) is 9.27. The van der Waals surface area contributed by atoms with Crippen molar-refractivity contribution in [3.05, 3.63) is 65.9 Å². The number of benzene rings is 2. The molecular formula is C21H21F2N5. The highest BCUT2D eigenvalue weighted by Gasteiger charge is 2.13. The number of halogens is 2. The van der Waals surface area contributed by atoms with Gasteiger partial charge < -0.3 is 15.5 Å². The third-order valence-electron chi connectivity index (χ3n) is 4.66. The summed E-state index contributed by atoms with van der Waals surface area (Å²) >= 11 is 0. The molecule has 2 aromatic carbocycles. The lowest BCUT2D eigenvalue weighted by atomic mass is 10.2. The van der Waals surface area contributed by atoms with Gasteiger partial charge in [0.05, 0.1) is 0 Å². The SMILES string of the molecule is Cc1cc(Nc2c(F)cccc2F)nc(Nc2ccc(N3CCCC3)cc2)n1. The van der Waals surface area contributed by atoms with Crippen molar-refractivity contribution >= 4 is 28.8 Å². The summed E-state index contributed by atoms with van der Waals surface area (Å²) < 4.78 is 27.8. The minimum Gasteiger partial charge on any atom is -0.372 e. The first-order chi connectivity index (χ1) is 13.6. The van der Waals surface area contributed by atoms with Crippen LogP contribution in [-0.2, 0) is 0 Å². The fourth-order valence-corrected chi connectivity index (χ4v) is 3.29. The minimum atomic E-state index is -0.678. The van der Waals surface area contributed by atoms with E-state index in [0.717, 1.165) is 18.8 Å². The van der Waals surface area contributed by atoms with Gasteiger partial charge in [0.15, 0.2) is 0 Å². The molecule has 2 N–H and O–H groups in total. The molecule has 0 amide bonds. The quantitative estimate of drug-likeness (QED) is 0.640. The van der Waals surface area contributed by atoms with Crippen molar-refractivity contribution in [1.29, 1.82) is 0 Å². The van der Waals surface area contributed by atoms with E-state index in [1.165, 1.54) is 36.7 Å². The van der Waals surface area contributed by atoms with E-state index in [2.05, 4.69) is 37.6 Å². The van der Waals surface area contributed by atoms with Crippen LogP contribution in [0.2, 0.25) is 0 Å². The lowest BCUT2D eigenvalue weighted by Crippen LogP contribution is -2.17. The Balaban J connectivity index is 1.52. The molecule has 5 nitrogen and oxygen atoms in total. The number of nitrogens with zero attached hydrogens (tertiary/aromatic N) is 3. The topological polar surface area (TPSA) is 53.1 Å². The van der Waals surface area contributed by atoms with E-state index in [-0.39, 0.29) is 5.69 Å². The number of para-hydroxylation sites is 1. The predicted molar refractivity (Wildman–Crippen MR) is 108 cm³/mol. The molecular weight excluding hydrogens is 360 g/mol. The summed E-state index contributed by atoms with van der Waals surface area (Å²) in [5.74, 6) is -0.688. The van der Waals surface area contributed by atoms with Gasteiger partial charge >= 0.3 is 0 Å². The molecule has 144 valence electrons. The molecule has 1 saturated heterocycles. The molecule has 0 saturated carbocycles. The molecule has 3 aromatic rings. The van der Waals surface area contributed by atoms with Crippen LogP contribution < -0.4 is 15.5 Å². The maximum Gasteiger partial charge on any atom is 0.229 e. The van der Waals surface area contributed by atoms with Crippen molar-refractivity contribution in [2.24, 2.45) is 0 Å². The Morgan fingerprint density at radius 3 is 2.25 bits per heavy atom. The van der Waals surface area contributed by atoms with E-state index in [1.54, 1.807) is 13.0 Å². The third kappa shape index (κ3) is 4.03. The number of hydrogen-bond acceptors (Lipinski definition) is 5. The van der Waals surface area contributed by atoms with Gasteiger partial charge in [0.2, 0.25) is 5.95 Å². The van der Waals surface area contributed by atoms with Gasteiger partial charge in [-0.25, -0.2) is 13.8 Å². The van der Waals surface area contributed by atoms with E-state index in [1.807, 2.05) is 12.1 Å². The van der Waals surface area contributed by atoms with Gasteiger partial charge in [0.1, 0.15) is 23.1 Å². The smallest absolute Gasteiger partial charge is 0.229 e. The second kappa shape index (κ2) is 7.80. The molecule has 0 radical (unpaired) electrons. The van der Waals surface area contributed by atoms with Gasteiger partial charge in [-0.15, -0.1) is 0 Å². The highest BCUT2D eigenvalue weighted by Crippen LogP contribution is 2.25. The van der Waals surface area contributed by atoms with Crippen molar-refractivity contribution in [2.75, 3.05) is 28.6 Å². The van der Waals surface area contributed by atoms with Gasteiger partial charge in [0, 0.05) is 36.2 Å². The molecule has 0 unspecified atom stereocenters. The summed E-state index contributed by atoms with van der Waals surface area (Å²) in [6.07, 6.45) is 2.46. The van der Waals surface area contributed by atoms with Crippen molar-refractivity contribution < 1.29 is 8.78 Å². The molecule has 1 aromatic heterocycles. The Morgan fingerprint density at radius 2 is 1.57 bits per heavy atom. The van der Waals surface area contributed by atoms with E-state index in [9.17, 15) is 8.78 Å². The number of hydrogen-bond donors (Lipinski definition) is 2. The van der Waals surface area contributed by atoms with Gasteiger partial charge in [-0.3, -0.25) is 0 Å². The Hall–Kier alpha value is -3.22. The fraction of sp³-hybridized carbons (Fsp3) is 0.238. The molecule has 28 heavy (non-hydrogen) atoms. The van der Waals surface area contributed by atoms with Crippen LogP contribution in [0.1, 0.15) is 18.5 Å². The summed E-state index contributed by atoms with van der Waals surface area (Å²) in [4.78, 5) is 11.0. The average molecular weight is 381 g/mol. The van der Waals surface area contributed by atoms with E-state index in [0.29, 0.717) is 17.5 Å². The average Bonchev–Trinajstić information content (AvgIpc) is 3.20. The van der Waals surface area contributed by atoms with E-state index >= 15 is 0 Å². The summed E-state index contributed by atoms with van der Waals surface area (Å²) in [6.45, 7) is 3.98. The third-order valence-corrected chi connectivity index (χ3v) is 4.66. The van der Waals surface area contributed by atoms with Crippen LogP contribution in [0.5, 0.6) is 0 Å². The lowest BCUT2D eigenvalue weighted by molar-refractivity contribution is 0.590. The van der Waals surface area contributed by atoms with E-state index in [4.69, 9.17) is 0 Å². The van der Waals surface area contributed by atoms with Crippen molar-refractivity contribution in [3.8, 4) is 0 Å². The largest absolute Gasteiger partial charge is 0.372 e. The fourth-order valence-electron chi connectivity index (χ4n) is 3.29. The normalized spacial score (nSPS) is 13.6. The van der Waals surface area contributed by atoms with E-state index < -0.39 is 11.6 Å². The number of anilines is 5. The molecule has 1 aliphatic heterocycles. The molecule has 2 heterocycles. The standard InChI is InChI=1S/C21H21F2N5/c1-14-13-19(26-20-17(22)5-4-6-18(20)23)27-21(24-14)25-15-7-9-16(10-8-15)28-11-2-3-12-28/h4-10,13H,2-3,11-12H2,1H3,(H2,24,25,26,27). The molecule has 1 aliphatic rings. The van der Waals surface area contributed by atoms with Crippen molar-refractivity contribution in [1.82, 2.24) is 9.97 Å². The second-order valence-electron chi connectivity index (χ2n) is 6.81. The van der Waals surface area contributed by atoms with Gasteiger partial charge in [-0.05, 0) is 56.2 Å². The van der Waals surface area contributed by atoms with Crippen LogP contribution in [0.15, 0.2) is 48.5 Å². The summed E-state index contributed by atoms with van der Waals surface area (Å²) in [5.41, 5.74) is 2.48.